The fourth-order valence-corrected chi connectivity index (χ4v) is 3.95. The molecule has 1 N–H and O–H groups in total. The molecule has 0 spiro atoms. The van der Waals surface area contributed by atoms with E-state index in [9.17, 15) is 0 Å². The topological polar surface area (TPSA) is 69.5 Å². The second kappa shape index (κ2) is 9.49. The zero-order chi connectivity index (χ0) is 19.2. The van der Waals surface area contributed by atoms with Crippen molar-refractivity contribution >= 4 is 46.7 Å². The second-order valence-electron chi connectivity index (χ2n) is 7.28. The molecule has 0 radical (unpaired) electrons. The summed E-state index contributed by atoms with van der Waals surface area (Å²) in [6, 6.07) is 8.21. The van der Waals surface area contributed by atoms with Gasteiger partial charge in [0.25, 0.3) is 0 Å². The van der Waals surface area contributed by atoms with Crippen LogP contribution in [0.3, 0.4) is 0 Å². The number of hydrogen-bond donors (Lipinski definition) is 1. The number of aromatic nitrogens is 3. The molecule has 2 aromatic rings. The summed E-state index contributed by atoms with van der Waals surface area (Å²) in [5.41, 5.74) is 4.06. The Hall–Kier alpha value is -1.97. The first-order chi connectivity index (χ1) is 13.8. The molecule has 3 heterocycles. The summed E-state index contributed by atoms with van der Waals surface area (Å²) in [5, 5.41) is 4.35. The zero-order valence-electron chi connectivity index (χ0n) is 16.0. The van der Waals surface area contributed by atoms with Crippen LogP contribution in [-0.2, 0) is 0 Å². The molecule has 0 unspecified atom stereocenters. The van der Waals surface area contributed by atoms with E-state index in [0.29, 0.717) is 5.95 Å². The number of nitrogens with one attached hydrogen (secondary N) is 1. The molecule has 1 aromatic heterocycles. The number of rotatable bonds is 5. The molecule has 0 amide bonds. The van der Waals surface area contributed by atoms with Gasteiger partial charge in [0.2, 0.25) is 17.8 Å². The van der Waals surface area contributed by atoms with E-state index in [2.05, 4.69) is 65.0 Å². The molecule has 2 aliphatic heterocycles. The first-order valence-electron chi connectivity index (χ1n) is 10.1. The minimum atomic E-state index is 0.512. The van der Waals surface area contributed by atoms with Gasteiger partial charge in [-0.25, -0.2) is 5.43 Å². The predicted molar refractivity (Wildman–Crippen MR) is 122 cm³/mol. The molecule has 8 heteroatoms. The lowest BCUT2D eigenvalue weighted by Crippen LogP contribution is -2.34. The van der Waals surface area contributed by atoms with Crippen molar-refractivity contribution in [3.05, 3.63) is 33.4 Å². The molecule has 4 rings (SSSR count). The minimum Gasteiger partial charge on any atom is -0.341 e. The Morgan fingerprint density at radius 2 is 1.32 bits per heavy atom. The Morgan fingerprint density at radius 1 is 0.786 bits per heavy atom. The van der Waals surface area contributed by atoms with Gasteiger partial charge in [-0.05, 0) is 78.8 Å². The van der Waals surface area contributed by atoms with Crippen LogP contribution in [0.15, 0.2) is 29.4 Å². The number of nitrogens with zero attached hydrogens (tertiary/aromatic N) is 6. The summed E-state index contributed by atoms with van der Waals surface area (Å²) in [5.74, 6) is 2.04. The van der Waals surface area contributed by atoms with E-state index in [4.69, 9.17) is 4.98 Å². The monoisotopic (exact) mass is 491 g/mol. The van der Waals surface area contributed by atoms with Gasteiger partial charge in [0.15, 0.2) is 0 Å². The summed E-state index contributed by atoms with van der Waals surface area (Å²) >= 11 is 2.30. The van der Waals surface area contributed by atoms with Crippen LogP contribution < -0.4 is 15.2 Å². The largest absolute Gasteiger partial charge is 0.341 e. The highest BCUT2D eigenvalue weighted by Gasteiger charge is 2.20. The van der Waals surface area contributed by atoms with Gasteiger partial charge in [0.05, 0.1) is 6.21 Å². The predicted octanol–water partition coefficient (Wildman–Crippen LogP) is 3.90. The fraction of sp³-hybridized carbons (Fsp3) is 0.500. The molecule has 1 aromatic carbocycles. The smallest absolute Gasteiger partial charge is 0.250 e. The number of piperidine rings is 2. The average Bonchev–Trinajstić information content (AvgIpc) is 2.76. The van der Waals surface area contributed by atoms with Gasteiger partial charge in [-0.15, -0.1) is 0 Å². The summed E-state index contributed by atoms with van der Waals surface area (Å²) in [4.78, 5) is 18.6. The minimum absolute atomic E-state index is 0.512. The third kappa shape index (κ3) is 5.09. The molecule has 0 saturated carbocycles. The summed E-state index contributed by atoms with van der Waals surface area (Å²) < 4.78 is 1.21. The lowest BCUT2D eigenvalue weighted by molar-refractivity contribution is 0.556. The Balaban J connectivity index is 1.54. The maximum atomic E-state index is 4.79. The van der Waals surface area contributed by atoms with Gasteiger partial charge >= 0.3 is 0 Å². The van der Waals surface area contributed by atoms with Crippen molar-refractivity contribution in [1.82, 2.24) is 15.0 Å². The highest BCUT2D eigenvalue weighted by Crippen LogP contribution is 2.22. The number of benzene rings is 1. The number of hydrazone groups is 1. The second-order valence-corrected chi connectivity index (χ2v) is 8.52. The van der Waals surface area contributed by atoms with E-state index in [0.717, 1.165) is 43.6 Å². The van der Waals surface area contributed by atoms with Crippen molar-refractivity contribution in [3.63, 3.8) is 0 Å². The molecule has 0 atom stereocenters. The lowest BCUT2D eigenvalue weighted by atomic mass is 10.1. The fourth-order valence-electron chi connectivity index (χ4n) is 3.59. The summed E-state index contributed by atoms with van der Waals surface area (Å²) in [7, 11) is 0. The van der Waals surface area contributed by atoms with Gasteiger partial charge in [-0.3, -0.25) is 0 Å². The van der Waals surface area contributed by atoms with Gasteiger partial charge in [-0.1, -0.05) is 12.1 Å². The molecule has 28 heavy (non-hydrogen) atoms. The molecular weight excluding hydrogens is 465 g/mol. The summed E-state index contributed by atoms with van der Waals surface area (Å²) in [6.07, 6.45) is 9.13. The molecule has 0 bridgehead atoms. The quantitative estimate of drug-likeness (QED) is 0.389. The van der Waals surface area contributed by atoms with E-state index in [-0.39, 0.29) is 0 Å². The Kier molecular flexibility index (Phi) is 6.56. The van der Waals surface area contributed by atoms with Gasteiger partial charge in [-0.2, -0.15) is 20.1 Å². The van der Waals surface area contributed by atoms with E-state index >= 15 is 0 Å². The molecular formula is C20H26IN7. The van der Waals surface area contributed by atoms with Crippen LogP contribution in [0, 0.1) is 3.57 Å². The summed E-state index contributed by atoms with van der Waals surface area (Å²) in [6.45, 7) is 4.03. The molecule has 2 saturated heterocycles. The van der Waals surface area contributed by atoms with E-state index in [1.54, 1.807) is 6.21 Å². The lowest BCUT2D eigenvalue weighted by Gasteiger charge is -2.30. The van der Waals surface area contributed by atoms with Crippen molar-refractivity contribution in [2.24, 2.45) is 5.10 Å². The van der Waals surface area contributed by atoms with E-state index < -0.39 is 0 Å². The van der Waals surface area contributed by atoms with Crippen molar-refractivity contribution in [2.75, 3.05) is 41.4 Å². The van der Waals surface area contributed by atoms with Crippen LogP contribution in [0.2, 0.25) is 0 Å². The van der Waals surface area contributed by atoms with Crippen LogP contribution in [0.4, 0.5) is 17.8 Å². The SMILES string of the molecule is Ic1ccc(/C=N\Nc2nc(N3CCCCC3)nc(N3CCCCC3)n2)cc1. The van der Waals surface area contributed by atoms with Gasteiger partial charge < -0.3 is 9.80 Å². The molecule has 2 fully saturated rings. The van der Waals surface area contributed by atoms with Crippen LogP contribution in [0.5, 0.6) is 0 Å². The maximum Gasteiger partial charge on any atom is 0.250 e. The number of halogens is 1. The van der Waals surface area contributed by atoms with Crippen LogP contribution in [-0.4, -0.2) is 47.3 Å². The Morgan fingerprint density at radius 3 is 1.86 bits per heavy atom. The highest BCUT2D eigenvalue weighted by atomic mass is 127. The average molecular weight is 491 g/mol. The normalized spacial score (nSPS) is 17.9. The zero-order valence-corrected chi connectivity index (χ0v) is 18.2. The molecule has 2 aliphatic rings. The van der Waals surface area contributed by atoms with Crippen LogP contribution >= 0.6 is 22.6 Å². The van der Waals surface area contributed by atoms with Crippen molar-refractivity contribution in [1.29, 1.82) is 0 Å². The van der Waals surface area contributed by atoms with Gasteiger partial charge in [0.1, 0.15) is 0 Å². The Labute approximate surface area is 179 Å². The van der Waals surface area contributed by atoms with Crippen LogP contribution in [0.1, 0.15) is 44.1 Å². The number of hydrogen-bond acceptors (Lipinski definition) is 7. The first kappa shape index (κ1) is 19.4. The molecule has 148 valence electrons. The third-order valence-electron chi connectivity index (χ3n) is 5.14. The standard InChI is InChI=1S/C20H26IN7/c21-17-9-7-16(8-10-17)15-22-26-18-23-19(27-11-3-1-4-12-27)25-20(24-18)28-13-5-2-6-14-28/h7-10,15H,1-6,11-14H2,(H,23,24,25,26)/b22-15-. The van der Waals surface area contributed by atoms with E-state index in [1.807, 2.05) is 12.1 Å². The van der Waals surface area contributed by atoms with Gasteiger partial charge in [0, 0.05) is 29.7 Å². The van der Waals surface area contributed by atoms with E-state index in [1.165, 1.54) is 42.1 Å². The van der Waals surface area contributed by atoms with Crippen molar-refractivity contribution in [2.45, 2.75) is 38.5 Å². The van der Waals surface area contributed by atoms with Crippen molar-refractivity contribution in [3.8, 4) is 0 Å². The van der Waals surface area contributed by atoms with Crippen LogP contribution in [0.25, 0.3) is 0 Å². The molecule has 7 nitrogen and oxygen atoms in total. The highest BCUT2D eigenvalue weighted by molar-refractivity contribution is 14.1. The maximum absolute atomic E-state index is 4.79. The third-order valence-corrected chi connectivity index (χ3v) is 5.86. The Bertz CT molecular complexity index is 760. The molecule has 0 aliphatic carbocycles. The number of anilines is 3. The first-order valence-corrected chi connectivity index (χ1v) is 11.2. The van der Waals surface area contributed by atoms with Crippen molar-refractivity contribution < 1.29 is 0 Å².